The van der Waals surface area contributed by atoms with Crippen LogP contribution in [0.15, 0.2) is 0 Å². The fraction of sp³-hybridized carbons (Fsp3) is 0.900. The highest BCUT2D eigenvalue weighted by molar-refractivity contribution is 7.54. The Balaban J connectivity index is 4.91. The van der Waals surface area contributed by atoms with Gasteiger partial charge in [-0.2, -0.15) is 0 Å². The van der Waals surface area contributed by atoms with E-state index in [9.17, 15) is 28.1 Å². The predicted octanol–water partition coefficient (Wildman–Crippen LogP) is 4.78. The molecule has 0 aromatic carbocycles. The SMILES string of the molecule is CCOP(=O)(CCCC(=O)NCCN(CCNC(=O)CCCP(=O)(OCC)OCC)CCNC(=O)CCCP(=O)(OCC)OCC)OCC. The van der Waals surface area contributed by atoms with Crippen LogP contribution in [0.4, 0.5) is 0 Å². The van der Waals surface area contributed by atoms with E-state index in [-0.39, 0.29) is 95.1 Å². The summed E-state index contributed by atoms with van der Waals surface area (Å²) in [5.41, 5.74) is 0. The molecule has 0 atom stereocenters. The number of amides is 3. The van der Waals surface area contributed by atoms with Gasteiger partial charge in [-0.05, 0) is 60.8 Å². The number of hydrogen-bond donors (Lipinski definition) is 3. The number of rotatable bonds is 33. The van der Waals surface area contributed by atoms with Gasteiger partial charge in [0.15, 0.2) is 0 Å². The second-order valence-electron chi connectivity index (χ2n) is 10.7. The first-order chi connectivity index (χ1) is 23.3. The summed E-state index contributed by atoms with van der Waals surface area (Å²) in [6.45, 7) is 14.3. The maximum atomic E-state index is 12.6. The normalized spacial score (nSPS) is 12.3. The minimum Gasteiger partial charge on any atom is -0.355 e. The maximum absolute atomic E-state index is 12.6. The molecule has 3 N–H and O–H groups in total. The summed E-state index contributed by atoms with van der Waals surface area (Å²) in [6, 6.07) is 0. The molecule has 290 valence electrons. The van der Waals surface area contributed by atoms with Gasteiger partial charge in [-0.3, -0.25) is 33.0 Å². The summed E-state index contributed by atoms with van der Waals surface area (Å²) >= 11 is 0. The summed E-state index contributed by atoms with van der Waals surface area (Å²) in [6.07, 6.45) is 1.98. The van der Waals surface area contributed by atoms with Gasteiger partial charge in [0.1, 0.15) is 0 Å². The Labute approximate surface area is 293 Å². The predicted molar refractivity (Wildman–Crippen MR) is 190 cm³/mol. The minimum absolute atomic E-state index is 0.150. The van der Waals surface area contributed by atoms with Gasteiger partial charge in [-0.15, -0.1) is 0 Å². The molecule has 0 heterocycles. The summed E-state index contributed by atoms with van der Waals surface area (Å²) in [5, 5.41) is 8.58. The fourth-order valence-corrected chi connectivity index (χ4v) is 9.63. The van der Waals surface area contributed by atoms with Crippen molar-refractivity contribution < 1.29 is 55.2 Å². The number of nitrogens with one attached hydrogen (secondary N) is 3. The molecule has 0 bridgehead atoms. The van der Waals surface area contributed by atoms with Gasteiger partial charge in [0.2, 0.25) is 17.7 Å². The lowest BCUT2D eigenvalue weighted by Crippen LogP contribution is -2.43. The second kappa shape index (κ2) is 28.4. The van der Waals surface area contributed by atoms with Gasteiger partial charge in [0.05, 0.1) is 58.1 Å². The monoisotopic (exact) mass is 764 g/mol. The standard InChI is InChI=1S/C30H63N4O12P3/c1-7-41-47(38,42-8-2)25-13-16-28(35)31-19-22-34(23-20-32-29(36)17-14-26-48(39,43-9-3)44-10-4)24-21-33-30(37)18-15-27-49(40,45-11-5)46-12-6/h7-27H2,1-6H3,(H,31,35)(H,32,36)(H,33,37). The highest BCUT2D eigenvalue weighted by Crippen LogP contribution is 2.50. The van der Waals surface area contributed by atoms with Gasteiger partial charge in [0.25, 0.3) is 0 Å². The van der Waals surface area contributed by atoms with Crippen LogP contribution >= 0.6 is 22.8 Å². The number of nitrogens with zero attached hydrogens (tertiary/aromatic N) is 1. The van der Waals surface area contributed by atoms with Crippen LogP contribution in [0.2, 0.25) is 0 Å². The molecule has 0 aliphatic rings. The van der Waals surface area contributed by atoms with Crippen molar-refractivity contribution in [3.63, 3.8) is 0 Å². The van der Waals surface area contributed by atoms with Gasteiger partial charge < -0.3 is 43.1 Å². The first kappa shape index (κ1) is 47.8. The Morgan fingerprint density at radius 2 is 0.673 bits per heavy atom. The van der Waals surface area contributed by atoms with E-state index in [0.717, 1.165) is 0 Å². The lowest BCUT2D eigenvalue weighted by molar-refractivity contribution is -0.121. The van der Waals surface area contributed by atoms with Gasteiger partial charge in [0, 0.05) is 58.5 Å². The third kappa shape index (κ3) is 24.6. The minimum atomic E-state index is -3.21. The van der Waals surface area contributed by atoms with Gasteiger partial charge in [-0.25, -0.2) is 0 Å². The van der Waals surface area contributed by atoms with E-state index in [1.165, 1.54) is 0 Å². The van der Waals surface area contributed by atoms with Crippen LogP contribution in [0, 0.1) is 0 Å². The smallest absolute Gasteiger partial charge is 0.330 e. The van der Waals surface area contributed by atoms with Crippen LogP contribution in [0.25, 0.3) is 0 Å². The molecule has 19 heteroatoms. The highest BCUT2D eigenvalue weighted by Gasteiger charge is 2.25. The Morgan fingerprint density at radius 1 is 0.449 bits per heavy atom. The molecular formula is C30H63N4O12P3. The first-order valence-corrected chi connectivity index (χ1v) is 22.7. The summed E-state index contributed by atoms with van der Waals surface area (Å²) in [5.74, 6) is -0.600. The van der Waals surface area contributed by atoms with E-state index in [2.05, 4.69) is 16.0 Å². The second-order valence-corrected chi connectivity index (χ2v) is 17.3. The lowest BCUT2D eigenvalue weighted by atomic mass is 10.3. The quantitative estimate of drug-likeness (QED) is 0.0774. The topological polar surface area (TPSA) is 197 Å². The number of carbonyl (C=O) groups is 3. The average Bonchev–Trinajstić information content (AvgIpc) is 3.01. The summed E-state index contributed by atoms with van der Waals surface area (Å²) in [4.78, 5) is 39.3. The molecule has 0 aromatic rings. The van der Waals surface area contributed by atoms with Crippen LogP contribution in [0.5, 0.6) is 0 Å². The highest BCUT2D eigenvalue weighted by atomic mass is 31.2. The van der Waals surface area contributed by atoms with E-state index < -0.39 is 22.8 Å². The van der Waals surface area contributed by atoms with Crippen LogP contribution in [-0.2, 0) is 55.2 Å². The Bertz CT molecular complexity index is 911. The van der Waals surface area contributed by atoms with E-state index in [0.29, 0.717) is 58.5 Å². The van der Waals surface area contributed by atoms with Crippen molar-refractivity contribution in [2.75, 3.05) is 97.4 Å². The lowest BCUT2D eigenvalue weighted by Gasteiger charge is -2.23. The van der Waals surface area contributed by atoms with Crippen LogP contribution in [0.3, 0.4) is 0 Å². The van der Waals surface area contributed by atoms with Crippen molar-refractivity contribution in [1.82, 2.24) is 20.9 Å². The molecule has 0 fully saturated rings. The van der Waals surface area contributed by atoms with Crippen molar-refractivity contribution >= 4 is 40.5 Å². The van der Waals surface area contributed by atoms with Crippen molar-refractivity contribution in [3.05, 3.63) is 0 Å². The summed E-state index contributed by atoms with van der Waals surface area (Å²) in [7, 11) is -9.64. The molecule has 0 rings (SSSR count). The van der Waals surface area contributed by atoms with E-state index in [4.69, 9.17) is 27.1 Å². The van der Waals surface area contributed by atoms with Gasteiger partial charge in [-0.1, -0.05) is 0 Å². The Morgan fingerprint density at radius 3 is 0.878 bits per heavy atom. The Kier molecular flexibility index (Phi) is 27.7. The van der Waals surface area contributed by atoms with Gasteiger partial charge >= 0.3 is 22.8 Å². The van der Waals surface area contributed by atoms with Crippen LogP contribution in [-0.4, -0.2) is 120 Å². The zero-order valence-corrected chi connectivity index (χ0v) is 33.2. The third-order valence-corrected chi connectivity index (χ3v) is 13.2. The first-order valence-electron chi connectivity index (χ1n) is 17.5. The van der Waals surface area contributed by atoms with Crippen LogP contribution < -0.4 is 16.0 Å². The molecule has 0 spiro atoms. The molecule has 0 radical (unpaired) electrons. The fourth-order valence-electron chi connectivity index (χ4n) is 4.64. The molecule has 16 nitrogen and oxygen atoms in total. The summed E-state index contributed by atoms with van der Waals surface area (Å²) < 4.78 is 69.5. The third-order valence-electron chi connectivity index (χ3n) is 6.71. The molecule has 0 saturated heterocycles. The largest absolute Gasteiger partial charge is 0.355 e. The molecule has 0 unspecified atom stereocenters. The maximum Gasteiger partial charge on any atom is 0.330 e. The number of hydrogen-bond acceptors (Lipinski definition) is 13. The van der Waals surface area contributed by atoms with Crippen molar-refractivity contribution in [2.45, 2.75) is 80.1 Å². The van der Waals surface area contributed by atoms with Crippen LogP contribution in [0.1, 0.15) is 80.1 Å². The molecule has 0 aliphatic carbocycles. The molecule has 0 aromatic heterocycles. The molecule has 3 amide bonds. The zero-order chi connectivity index (χ0) is 37.0. The molecule has 49 heavy (non-hydrogen) atoms. The molecule has 0 saturated carbocycles. The molecular weight excluding hydrogens is 701 g/mol. The van der Waals surface area contributed by atoms with E-state index in [1.807, 2.05) is 4.90 Å². The van der Waals surface area contributed by atoms with E-state index >= 15 is 0 Å². The van der Waals surface area contributed by atoms with Crippen molar-refractivity contribution in [3.8, 4) is 0 Å². The Hall–Kier alpha value is -1.18. The average molecular weight is 765 g/mol. The van der Waals surface area contributed by atoms with Crippen molar-refractivity contribution in [2.24, 2.45) is 0 Å². The number of carbonyl (C=O) groups excluding carboxylic acids is 3. The molecule has 0 aliphatic heterocycles. The van der Waals surface area contributed by atoms with Crippen molar-refractivity contribution in [1.29, 1.82) is 0 Å². The van der Waals surface area contributed by atoms with E-state index in [1.54, 1.807) is 41.5 Å². The zero-order valence-electron chi connectivity index (χ0n) is 30.5.